The third-order valence-corrected chi connectivity index (χ3v) is 3.95. The van der Waals surface area contributed by atoms with Gasteiger partial charge in [-0.2, -0.15) is 5.10 Å². The number of aromatic amines is 1. The van der Waals surface area contributed by atoms with Crippen LogP contribution >= 0.6 is 0 Å². The Bertz CT molecular complexity index is 637. The number of H-pyrrole nitrogens is 1. The van der Waals surface area contributed by atoms with Gasteiger partial charge in [-0.1, -0.05) is 18.2 Å². The highest BCUT2D eigenvalue weighted by molar-refractivity contribution is 5.94. The first-order valence-electron chi connectivity index (χ1n) is 7.57. The van der Waals surface area contributed by atoms with Gasteiger partial charge in [0.1, 0.15) is 0 Å². The minimum Gasteiger partial charge on any atom is -0.373 e. The molecule has 6 heteroatoms. The highest BCUT2D eigenvalue weighted by Gasteiger charge is 2.21. The third kappa shape index (κ3) is 3.12. The maximum absolute atomic E-state index is 12.3. The van der Waals surface area contributed by atoms with Gasteiger partial charge in [0.05, 0.1) is 0 Å². The van der Waals surface area contributed by atoms with Crippen molar-refractivity contribution in [3.8, 4) is 0 Å². The summed E-state index contributed by atoms with van der Waals surface area (Å²) in [5, 5.41) is 13.3. The Balaban J connectivity index is 1.54. The molecule has 1 aliphatic rings. The van der Waals surface area contributed by atoms with Gasteiger partial charge in [-0.05, 0) is 12.1 Å². The fourth-order valence-electron chi connectivity index (χ4n) is 2.65. The first kappa shape index (κ1) is 14.6. The van der Waals surface area contributed by atoms with Gasteiger partial charge in [-0.3, -0.25) is 9.89 Å². The topological polar surface area (TPSA) is 73.0 Å². The Morgan fingerprint density at radius 3 is 3.00 bits per heavy atom. The minimum absolute atomic E-state index is 0.109. The molecule has 0 fully saturated rings. The van der Waals surface area contributed by atoms with Crippen molar-refractivity contribution in [2.24, 2.45) is 0 Å². The molecular weight excluding hydrogens is 278 g/mol. The summed E-state index contributed by atoms with van der Waals surface area (Å²) in [5.74, 6) is -0.109. The Labute approximate surface area is 129 Å². The number of rotatable bonds is 5. The molecule has 0 unspecified atom stereocenters. The Kier molecular flexibility index (Phi) is 4.39. The van der Waals surface area contributed by atoms with Crippen molar-refractivity contribution in [1.82, 2.24) is 20.8 Å². The molecule has 6 nitrogen and oxygen atoms in total. The van der Waals surface area contributed by atoms with E-state index in [9.17, 15) is 4.79 Å². The van der Waals surface area contributed by atoms with Crippen LogP contribution in [0.25, 0.3) is 0 Å². The fraction of sp³-hybridized carbons (Fsp3) is 0.375. The van der Waals surface area contributed by atoms with Gasteiger partial charge in [0.2, 0.25) is 0 Å². The summed E-state index contributed by atoms with van der Waals surface area (Å²) in [6.45, 7) is 2.97. The van der Waals surface area contributed by atoms with E-state index in [0.29, 0.717) is 18.8 Å². The highest BCUT2D eigenvalue weighted by Crippen LogP contribution is 2.15. The molecule has 1 aromatic heterocycles. The van der Waals surface area contributed by atoms with Gasteiger partial charge in [0.15, 0.2) is 5.69 Å². The zero-order valence-corrected chi connectivity index (χ0v) is 12.7. The largest absolute Gasteiger partial charge is 0.373 e. The summed E-state index contributed by atoms with van der Waals surface area (Å²) in [6, 6.07) is 10.1. The van der Waals surface area contributed by atoms with E-state index in [1.165, 1.54) is 0 Å². The normalized spacial score (nSPS) is 13.5. The zero-order valence-electron chi connectivity index (χ0n) is 12.7. The van der Waals surface area contributed by atoms with Crippen molar-refractivity contribution in [2.45, 2.75) is 13.0 Å². The van der Waals surface area contributed by atoms with E-state index in [1.54, 1.807) is 0 Å². The summed E-state index contributed by atoms with van der Waals surface area (Å²) in [4.78, 5) is 14.4. The second kappa shape index (κ2) is 6.62. The molecule has 1 aliphatic heterocycles. The van der Waals surface area contributed by atoms with E-state index in [2.05, 4.69) is 37.9 Å². The van der Waals surface area contributed by atoms with E-state index in [0.717, 1.165) is 36.5 Å². The zero-order chi connectivity index (χ0) is 15.4. The molecule has 0 saturated heterocycles. The number of carbonyl (C=O) groups is 1. The third-order valence-electron chi connectivity index (χ3n) is 3.95. The van der Waals surface area contributed by atoms with Crippen LogP contribution in [-0.4, -0.2) is 42.8 Å². The molecule has 22 heavy (non-hydrogen) atoms. The molecule has 1 aromatic carbocycles. The van der Waals surface area contributed by atoms with Crippen molar-refractivity contribution in [2.75, 3.05) is 31.6 Å². The van der Waals surface area contributed by atoms with Crippen molar-refractivity contribution < 1.29 is 4.79 Å². The number of anilines is 1. The van der Waals surface area contributed by atoms with Crippen LogP contribution in [0.2, 0.25) is 0 Å². The lowest BCUT2D eigenvalue weighted by Gasteiger charge is -2.19. The number of benzene rings is 1. The van der Waals surface area contributed by atoms with E-state index in [-0.39, 0.29) is 5.91 Å². The average molecular weight is 299 g/mol. The smallest absolute Gasteiger partial charge is 0.272 e. The van der Waals surface area contributed by atoms with Crippen LogP contribution in [0.5, 0.6) is 0 Å². The van der Waals surface area contributed by atoms with E-state index in [1.807, 2.05) is 25.2 Å². The number of nitrogens with one attached hydrogen (secondary N) is 3. The summed E-state index contributed by atoms with van der Waals surface area (Å²) >= 11 is 0. The molecule has 0 aliphatic carbocycles. The molecule has 0 bridgehead atoms. The number of para-hydroxylation sites is 1. The molecule has 3 rings (SSSR count). The summed E-state index contributed by atoms with van der Waals surface area (Å²) in [5.41, 5.74) is 3.73. The van der Waals surface area contributed by atoms with Crippen LogP contribution in [0, 0.1) is 0 Å². The van der Waals surface area contributed by atoms with Crippen LogP contribution in [0.15, 0.2) is 30.3 Å². The second-order valence-electron chi connectivity index (χ2n) is 5.47. The van der Waals surface area contributed by atoms with Gasteiger partial charge in [0, 0.05) is 56.6 Å². The van der Waals surface area contributed by atoms with Gasteiger partial charge in [-0.25, -0.2) is 0 Å². The molecule has 0 atom stereocenters. The number of hydrogen-bond donors (Lipinski definition) is 3. The number of aromatic nitrogens is 2. The monoisotopic (exact) mass is 299 g/mol. The summed E-state index contributed by atoms with van der Waals surface area (Å²) in [6.07, 6.45) is 0.895. The number of amides is 1. The Morgan fingerprint density at radius 1 is 1.36 bits per heavy atom. The summed E-state index contributed by atoms with van der Waals surface area (Å²) < 4.78 is 0. The number of fused-ring (bicyclic) bond motifs is 1. The number of hydrogen-bond acceptors (Lipinski definition) is 4. The standard InChI is InChI=1S/C16H21N5O/c1-21(12-5-3-2-4-6-12)10-9-18-16(22)15-13-11-17-8-7-14(13)19-20-15/h2-6,17H,7-11H2,1H3,(H,18,22)(H,19,20). The number of carbonyl (C=O) groups excluding carboxylic acids is 1. The predicted octanol–water partition coefficient (Wildman–Crippen LogP) is 0.922. The minimum atomic E-state index is -0.109. The van der Waals surface area contributed by atoms with Crippen molar-refractivity contribution in [3.63, 3.8) is 0 Å². The maximum Gasteiger partial charge on any atom is 0.272 e. The van der Waals surface area contributed by atoms with Gasteiger partial charge >= 0.3 is 0 Å². The van der Waals surface area contributed by atoms with Gasteiger partial charge in [-0.15, -0.1) is 0 Å². The van der Waals surface area contributed by atoms with Gasteiger partial charge in [0.25, 0.3) is 5.91 Å². The van der Waals surface area contributed by atoms with E-state index >= 15 is 0 Å². The fourth-order valence-corrected chi connectivity index (χ4v) is 2.65. The second-order valence-corrected chi connectivity index (χ2v) is 5.47. The Hall–Kier alpha value is -2.34. The molecule has 2 aromatic rings. The molecule has 116 valence electrons. The maximum atomic E-state index is 12.3. The number of likely N-dealkylation sites (N-methyl/N-ethyl adjacent to an activating group) is 1. The number of nitrogens with zero attached hydrogens (tertiary/aromatic N) is 2. The summed E-state index contributed by atoms with van der Waals surface area (Å²) in [7, 11) is 2.02. The highest BCUT2D eigenvalue weighted by atomic mass is 16.1. The SMILES string of the molecule is CN(CCNC(=O)c1n[nH]c2c1CNCC2)c1ccccc1. The van der Waals surface area contributed by atoms with Crippen LogP contribution in [0.1, 0.15) is 21.7 Å². The molecule has 3 N–H and O–H groups in total. The van der Waals surface area contributed by atoms with Crippen molar-refractivity contribution >= 4 is 11.6 Å². The van der Waals surface area contributed by atoms with Crippen LogP contribution < -0.4 is 15.5 Å². The first-order valence-corrected chi connectivity index (χ1v) is 7.57. The molecule has 0 spiro atoms. The lowest BCUT2D eigenvalue weighted by Crippen LogP contribution is -2.34. The van der Waals surface area contributed by atoms with Crippen LogP contribution in [0.4, 0.5) is 5.69 Å². The van der Waals surface area contributed by atoms with E-state index < -0.39 is 0 Å². The molecular formula is C16H21N5O. The Morgan fingerprint density at radius 2 is 2.18 bits per heavy atom. The molecule has 0 saturated carbocycles. The van der Waals surface area contributed by atoms with E-state index in [4.69, 9.17) is 0 Å². The predicted molar refractivity (Wildman–Crippen MR) is 86.0 cm³/mol. The molecule has 0 radical (unpaired) electrons. The van der Waals surface area contributed by atoms with Crippen LogP contribution in [-0.2, 0) is 13.0 Å². The lowest BCUT2D eigenvalue weighted by atomic mass is 10.1. The quantitative estimate of drug-likeness (QED) is 0.768. The van der Waals surface area contributed by atoms with Crippen molar-refractivity contribution in [3.05, 3.63) is 47.3 Å². The van der Waals surface area contributed by atoms with Gasteiger partial charge < -0.3 is 15.5 Å². The molecule has 1 amide bonds. The van der Waals surface area contributed by atoms with Crippen LogP contribution in [0.3, 0.4) is 0 Å². The van der Waals surface area contributed by atoms with Crippen molar-refractivity contribution in [1.29, 1.82) is 0 Å². The first-order chi connectivity index (χ1) is 10.8. The average Bonchev–Trinajstić information content (AvgIpc) is 2.99. The molecule has 2 heterocycles. The lowest BCUT2D eigenvalue weighted by molar-refractivity contribution is 0.0948.